The summed E-state index contributed by atoms with van der Waals surface area (Å²) >= 11 is 0. The molecule has 0 aromatic carbocycles. The number of amides is 2. The van der Waals surface area contributed by atoms with Crippen molar-refractivity contribution in [1.82, 2.24) is 10.6 Å². The number of nitrogens with one attached hydrogen (secondary N) is 2. The van der Waals surface area contributed by atoms with E-state index in [1.807, 2.05) is 0 Å². The average molecular weight is 157 g/mol. The van der Waals surface area contributed by atoms with Gasteiger partial charge in [-0.3, -0.25) is 9.59 Å². The van der Waals surface area contributed by atoms with E-state index in [9.17, 15) is 9.59 Å². The van der Waals surface area contributed by atoms with Gasteiger partial charge < -0.3 is 16.4 Å². The molecule has 1 heterocycles. The van der Waals surface area contributed by atoms with Crippen LogP contribution in [0.2, 0.25) is 0 Å². The first-order valence-corrected chi connectivity index (χ1v) is 3.36. The smallest absolute Gasteiger partial charge is 0.245 e. The van der Waals surface area contributed by atoms with Gasteiger partial charge in [-0.25, -0.2) is 0 Å². The van der Waals surface area contributed by atoms with Crippen LogP contribution in [0.15, 0.2) is 0 Å². The van der Waals surface area contributed by atoms with Crippen LogP contribution in [-0.2, 0) is 9.59 Å². The van der Waals surface area contributed by atoms with Crippen molar-refractivity contribution in [1.29, 1.82) is 0 Å². The number of hydrogen-bond acceptors (Lipinski definition) is 3. The summed E-state index contributed by atoms with van der Waals surface area (Å²) in [7, 11) is 0. The maximum Gasteiger partial charge on any atom is 0.245 e. The van der Waals surface area contributed by atoms with Crippen molar-refractivity contribution in [2.45, 2.75) is 12.5 Å². The fourth-order valence-corrected chi connectivity index (χ4v) is 1.04. The Kier molecular flexibility index (Phi) is 1.82. The molecule has 0 atom stereocenters. The SMILES string of the molecule is CC(=O)NC1(C(N)=O)CNC1. The molecule has 0 spiro atoms. The normalized spacial score (nSPS) is 20.1. The van der Waals surface area contributed by atoms with E-state index in [1.54, 1.807) is 0 Å². The molecule has 5 nitrogen and oxygen atoms in total. The molecule has 0 radical (unpaired) electrons. The van der Waals surface area contributed by atoms with Gasteiger partial charge in [-0.05, 0) is 0 Å². The van der Waals surface area contributed by atoms with Crippen LogP contribution in [0.5, 0.6) is 0 Å². The highest BCUT2D eigenvalue weighted by molar-refractivity contribution is 5.91. The highest BCUT2D eigenvalue weighted by Crippen LogP contribution is 2.09. The van der Waals surface area contributed by atoms with Gasteiger partial charge in [0.05, 0.1) is 0 Å². The number of carbonyl (C=O) groups excluding carboxylic acids is 2. The Hall–Kier alpha value is -1.10. The van der Waals surface area contributed by atoms with Crippen molar-refractivity contribution >= 4 is 11.8 Å². The minimum Gasteiger partial charge on any atom is -0.368 e. The van der Waals surface area contributed by atoms with Crippen LogP contribution < -0.4 is 16.4 Å². The van der Waals surface area contributed by atoms with Gasteiger partial charge in [0.25, 0.3) is 0 Å². The van der Waals surface area contributed by atoms with Crippen LogP contribution in [0.25, 0.3) is 0 Å². The van der Waals surface area contributed by atoms with Crippen LogP contribution in [0, 0.1) is 0 Å². The molecule has 4 N–H and O–H groups in total. The number of primary amides is 1. The second-order valence-electron chi connectivity index (χ2n) is 2.73. The molecule has 2 amide bonds. The Morgan fingerprint density at radius 1 is 1.55 bits per heavy atom. The van der Waals surface area contributed by atoms with E-state index in [0.29, 0.717) is 13.1 Å². The molecule has 1 fully saturated rings. The first-order valence-electron chi connectivity index (χ1n) is 3.36. The third-order valence-electron chi connectivity index (χ3n) is 1.74. The minimum atomic E-state index is -0.828. The lowest BCUT2D eigenvalue weighted by atomic mass is 9.91. The maximum atomic E-state index is 10.8. The summed E-state index contributed by atoms with van der Waals surface area (Å²) in [6.45, 7) is 2.23. The molecule has 0 saturated carbocycles. The van der Waals surface area contributed by atoms with E-state index in [-0.39, 0.29) is 5.91 Å². The van der Waals surface area contributed by atoms with Crippen LogP contribution in [0.1, 0.15) is 6.92 Å². The van der Waals surface area contributed by atoms with E-state index in [4.69, 9.17) is 5.73 Å². The summed E-state index contributed by atoms with van der Waals surface area (Å²) in [6, 6.07) is 0. The zero-order valence-electron chi connectivity index (χ0n) is 6.31. The zero-order chi connectivity index (χ0) is 8.48. The molecule has 1 saturated heterocycles. The summed E-state index contributed by atoms with van der Waals surface area (Å²) in [5.41, 5.74) is 4.26. The van der Waals surface area contributed by atoms with Crippen LogP contribution in [0.4, 0.5) is 0 Å². The average Bonchev–Trinajstić information content (AvgIpc) is 1.77. The van der Waals surface area contributed by atoms with Gasteiger partial charge >= 0.3 is 0 Å². The Bertz CT molecular complexity index is 198. The van der Waals surface area contributed by atoms with Gasteiger partial charge in [0, 0.05) is 20.0 Å². The molecule has 62 valence electrons. The molecule has 0 aromatic rings. The molecular formula is C6H11N3O2. The van der Waals surface area contributed by atoms with Crippen molar-refractivity contribution < 1.29 is 9.59 Å². The predicted octanol–water partition coefficient (Wildman–Crippen LogP) is -2.05. The summed E-state index contributed by atoms with van der Waals surface area (Å²) < 4.78 is 0. The van der Waals surface area contributed by atoms with Crippen LogP contribution in [-0.4, -0.2) is 30.4 Å². The third-order valence-corrected chi connectivity index (χ3v) is 1.74. The van der Waals surface area contributed by atoms with Crippen molar-refractivity contribution in [2.24, 2.45) is 5.73 Å². The fraction of sp³-hybridized carbons (Fsp3) is 0.667. The van der Waals surface area contributed by atoms with E-state index in [1.165, 1.54) is 6.92 Å². The summed E-state index contributed by atoms with van der Waals surface area (Å²) in [4.78, 5) is 21.4. The number of rotatable bonds is 2. The monoisotopic (exact) mass is 157 g/mol. The van der Waals surface area contributed by atoms with Crippen molar-refractivity contribution in [3.63, 3.8) is 0 Å². The van der Waals surface area contributed by atoms with Crippen LogP contribution >= 0.6 is 0 Å². The first kappa shape index (κ1) is 8.00. The highest BCUT2D eigenvalue weighted by Gasteiger charge is 2.43. The van der Waals surface area contributed by atoms with Crippen LogP contribution in [0.3, 0.4) is 0 Å². The van der Waals surface area contributed by atoms with Gasteiger partial charge in [0.1, 0.15) is 5.54 Å². The number of hydrogen-bond donors (Lipinski definition) is 3. The lowest BCUT2D eigenvalue weighted by Crippen LogP contribution is -2.74. The first-order chi connectivity index (χ1) is 5.07. The van der Waals surface area contributed by atoms with E-state index >= 15 is 0 Å². The second-order valence-corrected chi connectivity index (χ2v) is 2.73. The fourth-order valence-electron chi connectivity index (χ4n) is 1.04. The molecular weight excluding hydrogens is 146 g/mol. The van der Waals surface area contributed by atoms with Crippen molar-refractivity contribution in [3.05, 3.63) is 0 Å². The Morgan fingerprint density at radius 2 is 2.09 bits per heavy atom. The Labute approximate surface area is 64.3 Å². The van der Waals surface area contributed by atoms with Gasteiger partial charge in [-0.15, -0.1) is 0 Å². The molecule has 0 unspecified atom stereocenters. The lowest BCUT2D eigenvalue weighted by Gasteiger charge is -2.39. The third kappa shape index (κ3) is 1.32. The topological polar surface area (TPSA) is 84.2 Å². The molecule has 11 heavy (non-hydrogen) atoms. The van der Waals surface area contributed by atoms with Gasteiger partial charge in [-0.2, -0.15) is 0 Å². The van der Waals surface area contributed by atoms with E-state index in [0.717, 1.165) is 0 Å². The van der Waals surface area contributed by atoms with Crippen molar-refractivity contribution in [3.8, 4) is 0 Å². The number of nitrogens with two attached hydrogens (primary N) is 1. The zero-order valence-corrected chi connectivity index (χ0v) is 6.31. The van der Waals surface area contributed by atoms with Gasteiger partial charge in [-0.1, -0.05) is 0 Å². The van der Waals surface area contributed by atoms with Gasteiger partial charge in [0.15, 0.2) is 0 Å². The Morgan fingerprint density at radius 3 is 2.18 bits per heavy atom. The molecule has 5 heteroatoms. The standard InChI is InChI=1S/C6H11N3O2/c1-4(10)9-6(5(7)11)2-8-3-6/h8H,2-3H2,1H3,(H2,7,11)(H,9,10). The lowest BCUT2D eigenvalue weighted by molar-refractivity contribution is -0.132. The molecule has 0 aliphatic carbocycles. The van der Waals surface area contributed by atoms with E-state index < -0.39 is 11.4 Å². The predicted molar refractivity (Wildman–Crippen MR) is 38.6 cm³/mol. The van der Waals surface area contributed by atoms with Gasteiger partial charge in [0.2, 0.25) is 11.8 Å². The summed E-state index contributed by atoms with van der Waals surface area (Å²) in [5, 5.41) is 5.39. The summed E-state index contributed by atoms with van der Waals surface area (Å²) in [6.07, 6.45) is 0. The van der Waals surface area contributed by atoms with Crippen molar-refractivity contribution in [2.75, 3.05) is 13.1 Å². The highest BCUT2D eigenvalue weighted by atomic mass is 16.2. The molecule has 1 aliphatic rings. The number of carbonyl (C=O) groups is 2. The largest absolute Gasteiger partial charge is 0.368 e. The Balaban J connectivity index is 2.61. The maximum absolute atomic E-state index is 10.8. The molecule has 1 rings (SSSR count). The molecule has 0 aromatic heterocycles. The minimum absolute atomic E-state index is 0.231. The summed E-state index contributed by atoms with van der Waals surface area (Å²) in [5.74, 6) is -0.711. The van der Waals surface area contributed by atoms with E-state index in [2.05, 4.69) is 10.6 Å². The molecule has 1 aliphatic heterocycles. The quantitative estimate of drug-likeness (QED) is 0.431. The molecule has 0 bridgehead atoms. The second kappa shape index (κ2) is 2.50.